The third-order valence-electron chi connectivity index (χ3n) is 2.54. The number of carbonyl (C=O) groups is 2. The summed E-state index contributed by atoms with van der Waals surface area (Å²) in [5.41, 5.74) is -0.0738. The Bertz CT molecular complexity index is 417. The van der Waals surface area contributed by atoms with Crippen LogP contribution in [0.25, 0.3) is 0 Å². The highest BCUT2D eigenvalue weighted by Crippen LogP contribution is 2.13. The van der Waals surface area contributed by atoms with Crippen molar-refractivity contribution in [1.82, 2.24) is 9.88 Å². The second-order valence-electron chi connectivity index (χ2n) is 4.04. The quantitative estimate of drug-likeness (QED) is 0.874. The zero-order chi connectivity index (χ0) is 13.0. The summed E-state index contributed by atoms with van der Waals surface area (Å²) in [4.78, 5) is 27.9. The van der Waals surface area contributed by atoms with Crippen molar-refractivity contribution in [3.05, 3.63) is 16.1 Å². The number of carbonyl (C=O) groups excluding carboxylic acids is 1. The Morgan fingerprint density at radius 1 is 1.59 bits per heavy atom. The molecular weight excluding hydrogens is 240 g/mol. The van der Waals surface area contributed by atoms with Crippen LogP contribution < -0.4 is 0 Å². The number of aromatic carboxylic acids is 1. The number of hydrogen-bond acceptors (Lipinski definition) is 4. The van der Waals surface area contributed by atoms with Crippen LogP contribution in [0.3, 0.4) is 0 Å². The van der Waals surface area contributed by atoms with E-state index in [1.165, 1.54) is 5.38 Å². The summed E-state index contributed by atoms with van der Waals surface area (Å²) in [6, 6.07) is 0. The Hall–Kier alpha value is -1.43. The molecule has 1 amide bonds. The Morgan fingerprint density at radius 2 is 2.24 bits per heavy atom. The highest BCUT2D eigenvalue weighted by Gasteiger charge is 2.19. The molecule has 6 heteroatoms. The van der Waals surface area contributed by atoms with E-state index in [-0.39, 0.29) is 16.6 Å². The van der Waals surface area contributed by atoms with Gasteiger partial charge in [-0.25, -0.2) is 9.78 Å². The molecule has 1 atom stereocenters. The maximum absolute atomic E-state index is 11.9. The van der Waals surface area contributed by atoms with Crippen LogP contribution in [0.15, 0.2) is 5.38 Å². The van der Waals surface area contributed by atoms with Crippen LogP contribution in [-0.2, 0) is 0 Å². The van der Waals surface area contributed by atoms with E-state index in [1.807, 2.05) is 0 Å². The molecule has 5 nitrogen and oxygen atoms in total. The van der Waals surface area contributed by atoms with Gasteiger partial charge in [-0.1, -0.05) is 20.3 Å². The lowest BCUT2D eigenvalue weighted by atomic mass is 10.1. The molecule has 0 spiro atoms. The van der Waals surface area contributed by atoms with Crippen molar-refractivity contribution in [3.8, 4) is 0 Å². The van der Waals surface area contributed by atoms with E-state index in [0.717, 1.165) is 17.8 Å². The zero-order valence-electron chi connectivity index (χ0n) is 10.1. The first-order valence-corrected chi connectivity index (χ1v) is 6.28. The fraction of sp³-hybridized carbons (Fsp3) is 0.545. The van der Waals surface area contributed by atoms with Crippen LogP contribution in [0.5, 0.6) is 0 Å². The molecule has 94 valence electrons. The molecule has 1 rings (SSSR count). The van der Waals surface area contributed by atoms with E-state index in [9.17, 15) is 9.59 Å². The summed E-state index contributed by atoms with van der Waals surface area (Å²) in [6.07, 6.45) is 0.996. The van der Waals surface area contributed by atoms with Gasteiger partial charge in [-0.05, 0) is 5.92 Å². The molecule has 0 aliphatic rings. The van der Waals surface area contributed by atoms with Crippen molar-refractivity contribution < 1.29 is 14.7 Å². The molecule has 0 saturated heterocycles. The second kappa shape index (κ2) is 5.77. The van der Waals surface area contributed by atoms with Crippen LogP contribution in [0.1, 0.15) is 40.6 Å². The van der Waals surface area contributed by atoms with Crippen molar-refractivity contribution in [2.75, 3.05) is 13.6 Å². The summed E-state index contributed by atoms with van der Waals surface area (Å²) in [6.45, 7) is 4.78. The lowest BCUT2D eigenvalue weighted by Crippen LogP contribution is -2.30. The molecular formula is C11H16N2O3S. The molecule has 0 saturated carbocycles. The number of aromatic nitrogens is 1. The highest BCUT2D eigenvalue weighted by atomic mass is 32.1. The summed E-state index contributed by atoms with van der Waals surface area (Å²) >= 11 is 1.07. The van der Waals surface area contributed by atoms with Crippen LogP contribution in [0.2, 0.25) is 0 Å². The smallest absolute Gasteiger partial charge is 0.355 e. The molecule has 0 aliphatic carbocycles. The predicted molar refractivity (Wildman–Crippen MR) is 65.5 cm³/mol. The minimum Gasteiger partial charge on any atom is -0.476 e. The van der Waals surface area contributed by atoms with Crippen molar-refractivity contribution >= 4 is 23.2 Å². The lowest BCUT2D eigenvalue weighted by Gasteiger charge is -2.19. The molecule has 0 aromatic carbocycles. The zero-order valence-corrected chi connectivity index (χ0v) is 11.0. The molecule has 1 aromatic heterocycles. The number of hydrogen-bond donors (Lipinski definition) is 1. The minimum absolute atomic E-state index is 0.0738. The fourth-order valence-corrected chi connectivity index (χ4v) is 2.10. The van der Waals surface area contributed by atoms with Crippen LogP contribution in [0.4, 0.5) is 0 Å². The summed E-state index contributed by atoms with van der Waals surface area (Å²) < 4.78 is 0. The third kappa shape index (κ3) is 3.52. The van der Waals surface area contributed by atoms with Gasteiger partial charge in [0.25, 0.3) is 5.91 Å². The topological polar surface area (TPSA) is 70.5 Å². The summed E-state index contributed by atoms with van der Waals surface area (Å²) in [7, 11) is 1.70. The maximum Gasteiger partial charge on any atom is 0.355 e. The Morgan fingerprint density at radius 3 is 2.71 bits per heavy atom. The first-order chi connectivity index (χ1) is 7.95. The van der Waals surface area contributed by atoms with Gasteiger partial charge in [-0.2, -0.15) is 0 Å². The molecule has 0 bridgehead atoms. The second-order valence-corrected chi connectivity index (χ2v) is 4.90. The van der Waals surface area contributed by atoms with E-state index in [1.54, 1.807) is 11.9 Å². The van der Waals surface area contributed by atoms with E-state index in [0.29, 0.717) is 12.5 Å². The molecule has 1 unspecified atom stereocenters. The number of carboxylic acid groups (broad SMARTS) is 1. The maximum atomic E-state index is 11.9. The van der Waals surface area contributed by atoms with Crippen LogP contribution >= 0.6 is 11.3 Å². The van der Waals surface area contributed by atoms with Gasteiger partial charge in [-0.15, -0.1) is 11.3 Å². The van der Waals surface area contributed by atoms with E-state index in [4.69, 9.17) is 5.11 Å². The molecule has 0 fully saturated rings. The first kappa shape index (κ1) is 13.6. The van der Waals surface area contributed by atoms with Gasteiger partial charge < -0.3 is 10.0 Å². The van der Waals surface area contributed by atoms with Crippen LogP contribution in [0, 0.1) is 5.92 Å². The molecule has 0 aliphatic heterocycles. The van der Waals surface area contributed by atoms with Gasteiger partial charge in [0.05, 0.1) is 0 Å². The largest absolute Gasteiger partial charge is 0.476 e. The lowest BCUT2D eigenvalue weighted by molar-refractivity contribution is 0.0691. The Kier molecular flexibility index (Phi) is 4.62. The van der Waals surface area contributed by atoms with Crippen molar-refractivity contribution in [2.45, 2.75) is 20.3 Å². The standard InChI is InChI=1S/C11H16N2O3S/c1-4-7(2)5-13(3)10(14)9-12-8(6-17-9)11(15)16/h6-7H,4-5H2,1-3H3,(H,15,16). The van der Waals surface area contributed by atoms with Gasteiger partial charge in [0.15, 0.2) is 10.7 Å². The van der Waals surface area contributed by atoms with Gasteiger partial charge in [-0.3, -0.25) is 4.79 Å². The summed E-state index contributed by atoms with van der Waals surface area (Å²) in [5, 5.41) is 10.3. The van der Waals surface area contributed by atoms with Gasteiger partial charge in [0.1, 0.15) is 0 Å². The molecule has 0 radical (unpaired) electrons. The molecule has 1 N–H and O–H groups in total. The van der Waals surface area contributed by atoms with E-state index < -0.39 is 5.97 Å². The van der Waals surface area contributed by atoms with Crippen molar-refractivity contribution in [2.24, 2.45) is 5.92 Å². The number of rotatable bonds is 5. The number of carboxylic acids is 1. The van der Waals surface area contributed by atoms with Crippen molar-refractivity contribution in [3.63, 3.8) is 0 Å². The third-order valence-corrected chi connectivity index (χ3v) is 3.37. The fourth-order valence-electron chi connectivity index (χ4n) is 1.31. The van der Waals surface area contributed by atoms with Crippen molar-refractivity contribution in [1.29, 1.82) is 0 Å². The average Bonchev–Trinajstić information content (AvgIpc) is 2.77. The molecule has 1 heterocycles. The minimum atomic E-state index is -1.11. The summed E-state index contributed by atoms with van der Waals surface area (Å²) in [5.74, 6) is -0.907. The van der Waals surface area contributed by atoms with E-state index >= 15 is 0 Å². The number of amides is 1. The monoisotopic (exact) mass is 256 g/mol. The van der Waals surface area contributed by atoms with Gasteiger partial charge in [0, 0.05) is 19.0 Å². The van der Waals surface area contributed by atoms with Crippen LogP contribution in [-0.4, -0.2) is 40.5 Å². The normalized spacial score (nSPS) is 12.2. The first-order valence-electron chi connectivity index (χ1n) is 5.40. The molecule has 1 aromatic rings. The Balaban J connectivity index is 2.71. The van der Waals surface area contributed by atoms with Gasteiger partial charge in [0.2, 0.25) is 0 Å². The SMILES string of the molecule is CCC(C)CN(C)C(=O)c1nc(C(=O)O)cs1. The molecule has 17 heavy (non-hydrogen) atoms. The average molecular weight is 256 g/mol. The number of thiazole rings is 1. The number of nitrogens with zero attached hydrogens (tertiary/aromatic N) is 2. The van der Waals surface area contributed by atoms with E-state index in [2.05, 4.69) is 18.8 Å². The van der Waals surface area contributed by atoms with Gasteiger partial charge >= 0.3 is 5.97 Å². The Labute approximate surface area is 104 Å². The predicted octanol–water partition coefficient (Wildman–Crippen LogP) is 1.96. The highest BCUT2D eigenvalue weighted by molar-refractivity contribution is 7.11.